The Balaban J connectivity index is 1.46. The molecule has 0 radical (unpaired) electrons. The number of ether oxygens (including phenoxy) is 2. The molecule has 1 aliphatic carbocycles. The van der Waals surface area contributed by atoms with Crippen molar-refractivity contribution in [2.75, 3.05) is 39.2 Å². The second-order valence-corrected chi connectivity index (χ2v) is 9.75. The number of methoxy groups -OCH3 is 1. The first-order chi connectivity index (χ1) is 17.6. The summed E-state index contributed by atoms with van der Waals surface area (Å²) in [4.78, 5) is 2.29. The van der Waals surface area contributed by atoms with Crippen LogP contribution in [-0.2, 0) is 6.42 Å². The van der Waals surface area contributed by atoms with E-state index in [9.17, 15) is 4.39 Å². The summed E-state index contributed by atoms with van der Waals surface area (Å²) >= 11 is 0. The van der Waals surface area contributed by atoms with Crippen molar-refractivity contribution in [3.05, 3.63) is 89.0 Å². The van der Waals surface area contributed by atoms with E-state index in [2.05, 4.69) is 53.4 Å². The molecule has 0 bridgehead atoms. The third-order valence-corrected chi connectivity index (χ3v) is 7.29. The number of allylic oxidation sites excluding steroid dienone is 1. The van der Waals surface area contributed by atoms with Crippen LogP contribution in [0.25, 0.3) is 11.1 Å². The lowest BCUT2D eigenvalue weighted by atomic mass is 9.87. The molecule has 1 atom stereocenters. The number of nitrogens with zero attached hydrogens (tertiary/aromatic N) is 1. The molecule has 5 rings (SSSR count). The zero-order chi connectivity index (χ0) is 24.9. The SMILES string of the molecule is COc1ccc(C2=C(c3ccc(OC4CCN(CCCF)C4)cc3)c3ccc(N)cc3CCC2)cc1. The first-order valence-electron chi connectivity index (χ1n) is 13.0. The second-order valence-electron chi connectivity index (χ2n) is 9.75. The maximum Gasteiger partial charge on any atom is 0.119 e. The van der Waals surface area contributed by atoms with Gasteiger partial charge in [0.25, 0.3) is 0 Å². The van der Waals surface area contributed by atoms with Crippen LogP contribution in [0.2, 0.25) is 0 Å². The second kappa shape index (κ2) is 11.2. The van der Waals surface area contributed by atoms with Gasteiger partial charge in [-0.25, -0.2) is 0 Å². The number of likely N-dealkylation sites (tertiary alicyclic amines) is 1. The highest BCUT2D eigenvalue weighted by Gasteiger charge is 2.24. The van der Waals surface area contributed by atoms with Gasteiger partial charge < -0.3 is 15.2 Å². The van der Waals surface area contributed by atoms with Crippen LogP contribution < -0.4 is 15.2 Å². The average Bonchev–Trinajstić information content (AvgIpc) is 3.26. The third kappa shape index (κ3) is 5.41. The number of rotatable bonds is 8. The molecule has 0 aromatic heterocycles. The Labute approximate surface area is 213 Å². The minimum Gasteiger partial charge on any atom is -0.497 e. The number of anilines is 1. The number of nitrogen functional groups attached to an aromatic ring is 1. The highest BCUT2D eigenvalue weighted by Crippen LogP contribution is 2.41. The van der Waals surface area contributed by atoms with Crippen LogP contribution >= 0.6 is 0 Å². The zero-order valence-electron chi connectivity index (χ0n) is 21.0. The van der Waals surface area contributed by atoms with E-state index in [-0.39, 0.29) is 12.8 Å². The summed E-state index contributed by atoms with van der Waals surface area (Å²) < 4.78 is 24.2. The molecular weight excluding hydrogens is 451 g/mol. The van der Waals surface area contributed by atoms with Crippen molar-refractivity contribution < 1.29 is 13.9 Å². The van der Waals surface area contributed by atoms with Gasteiger partial charge in [0.15, 0.2) is 0 Å². The van der Waals surface area contributed by atoms with Gasteiger partial charge in [-0.15, -0.1) is 0 Å². The van der Waals surface area contributed by atoms with Crippen LogP contribution in [0.4, 0.5) is 10.1 Å². The minimum absolute atomic E-state index is 0.158. The lowest BCUT2D eigenvalue weighted by molar-refractivity contribution is 0.198. The number of hydrogen-bond acceptors (Lipinski definition) is 4. The monoisotopic (exact) mass is 486 g/mol. The van der Waals surface area contributed by atoms with Crippen LogP contribution in [0, 0.1) is 0 Å². The summed E-state index contributed by atoms with van der Waals surface area (Å²) in [6, 6.07) is 23.2. The Morgan fingerprint density at radius 2 is 1.69 bits per heavy atom. The van der Waals surface area contributed by atoms with Crippen molar-refractivity contribution in [2.45, 2.75) is 38.2 Å². The lowest BCUT2D eigenvalue weighted by Gasteiger charge is -2.19. The van der Waals surface area contributed by atoms with Crippen molar-refractivity contribution >= 4 is 16.8 Å². The van der Waals surface area contributed by atoms with Crippen LogP contribution in [0.1, 0.15) is 47.9 Å². The van der Waals surface area contributed by atoms with Crippen molar-refractivity contribution in [2.24, 2.45) is 0 Å². The van der Waals surface area contributed by atoms with Crippen LogP contribution in [-0.4, -0.2) is 44.4 Å². The molecule has 2 aliphatic rings. The molecule has 1 unspecified atom stereocenters. The van der Waals surface area contributed by atoms with Gasteiger partial charge in [-0.05, 0) is 102 Å². The van der Waals surface area contributed by atoms with Crippen LogP contribution in [0.3, 0.4) is 0 Å². The van der Waals surface area contributed by atoms with Gasteiger partial charge in [0.1, 0.15) is 17.6 Å². The van der Waals surface area contributed by atoms with Gasteiger partial charge in [0, 0.05) is 25.3 Å². The van der Waals surface area contributed by atoms with E-state index in [0.717, 1.165) is 62.5 Å². The van der Waals surface area contributed by atoms with Crippen molar-refractivity contribution in [1.82, 2.24) is 4.90 Å². The van der Waals surface area contributed by atoms with Gasteiger partial charge in [0.05, 0.1) is 13.8 Å². The summed E-state index contributed by atoms with van der Waals surface area (Å²) in [7, 11) is 1.70. The fraction of sp³-hybridized carbons (Fsp3) is 0.355. The van der Waals surface area contributed by atoms with Crippen LogP contribution in [0.5, 0.6) is 11.5 Å². The Morgan fingerprint density at radius 3 is 2.44 bits per heavy atom. The average molecular weight is 487 g/mol. The van der Waals surface area contributed by atoms with Crippen molar-refractivity contribution in [1.29, 1.82) is 0 Å². The van der Waals surface area contributed by atoms with E-state index in [1.165, 1.54) is 33.4 Å². The third-order valence-electron chi connectivity index (χ3n) is 7.29. The zero-order valence-corrected chi connectivity index (χ0v) is 21.0. The smallest absolute Gasteiger partial charge is 0.119 e. The molecule has 1 aliphatic heterocycles. The predicted molar refractivity (Wildman–Crippen MR) is 145 cm³/mol. The fourth-order valence-electron chi connectivity index (χ4n) is 5.49. The number of alkyl halides is 1. The Morgan fingerprint density at radius 1 is 0.944 bits per heavy atom. The Hall–Kier alpha value is -3.31. The number of nitrogens with two attached hydrogens (primary N) is 1. The summed E-state index contributed by atoms with van der Waals surface area (Å²) in [5.41, 5.74) is 14.5. The Kier molecular flexibility index (Phi) is 7.57. The molecule has 4 nitrogen and oxygen atoms in total. The summed E-state index contributed by atoms with van der Waals surface area (Å²) in [6.45, 7) is 2.39. The van der Waals surface area contributed by atoms with Crippen molar-refractivity contribution in [3.8, 4) is 11.5 Å². The summed E-state index contributed by atoms with van der Waals surface area (Å²) in [6.07, 6.45) is 4.81. The normalized spacial score (nSPS) is 18.1. The van der Waals surface area contributed by atoms with Crippen molar-refractivity contribution in [3.63, 3.8) is 0 Å². The maximum atomic E-state index is 12.5. The molecule has 188 valence electrons. The van der Waals surface area contributed by atoms with Crippen LogP contribution in [0.15, 0.2) is 66.7 Å². The molecule has 1 fully saturated rings. The molecule has 0 saturated carbocycles. The maximum absolute atomic E-state index is 12.5. The van der Waals surface area contributed by atoms with E-state index in [4.69, 9.17) is 15.2 Å². The topological polar surface area (TPSA) is 47.7 Å². The largest absolute Gasteiger partial charge is 0.497 e. The molecule has 36 heavy (non-hydrogen) atoms. The molecule has 2 N–H and O–H groups in total. The van der Waals surface area contributed by atoms with E-state index >= 15 is 0 Å². The molecule has 1 saturated heterocycles. The van der Waals surface area contributed by atoms with Gasteiger partial charge in [0.2, 0.25) is 0 Å². The number of fused-ring (bicyclic) bond motifs is 1. The molecular formula is C31H35FN2O2. The van der Waals surface area contributed by atoms with E-state index < -0.39 is 0 Å². The quantitative estimate of drug-likeness (QED) is 0.375. The highest BCUT2D eigenvalue weighted by atomic mass is 19.1. The van der Waals surface area contributed by atoms with Gasteiger partial charge in [-0.1, -0.05) is 30.3 Å². The minimum atomic E-state index is -0.256. The van der Waals surface area contributed by atoms with E-state index in [1.54, 1.807) is 7.11 Å². The molecule has 3 aromatic carbocycles. The molecule has 0 spiro atoms. The summed E-state index contributed by atoms with van der Waals surface area (Å²) in [5.74, 6) is 1.74. The molecule has 0 amide bonds. The highest BCUT2D eigenvalue weighted by molar-refractivity contribution is 6.00. The number of aryl methyl sites for hydroxylation is 1. The molecule has 3 aromatic rings. The number of benzene rings is 3. The summed E-state index contributed by atoms with van der Waals surface area (Å²) in [5, 5.41) is 0. The fourth-order valence-corrected chi connectivity index (χ4v) is 5.49. The predicted octanol–water partition coefficient (Wildman–Crippen LogP) is 6.39. The molecule has 1 heterocycles. The number of halogens is 1. The Bertz CT molecular complexity index is 1200. The van der Waals surface area contributed by atoms with Gasteiger partial charge in [-0.2, -0.15) is 0 Å². The number of hydrogen-bond donors (Lipinski definition) is 1. The van der Waals surface area contributed by atoms with E-state index in [0.29, 0.717) is 6.42 Å². The lowest BCUT2D eigenvalue weighted by Crippen LogP contribution is -2.26. The first kappa shape index (κ1) is 24.4. The first-order valence-corrected chi connectivity index (χ1v) is 13.0. The molecule has 5 heteroatoms. The van der Waals surface area contributed by atoms with Gasteiger partial charge >= 0.3 is 0 Å². The standard InChI is InChI=1S/C31H35FN2O2/c1-35-26-11-6-22(7-12-26)29-5-2-4-24-20-25(33)10-15-30(24)31(29)23-8-13-27(14-9-23)36-28-16-19-34(21-28)18-3-17-32/h6-15,20,28H,2-5,16-19,21,33H2,1H3. The van der Waals surface area contributed by atoms with E-state index in [1.807, 2.05) is 18.2 Å². The van der Waals surface area contributed by atoms with Gasteiger partial charge in [-0.3, -0.25) is 9.29 Å².